The van der Waals surface area contributed by atoms with E-state index in [9.17, 15) is 9.59 Å². The summed E-state index contributed by atoms with van der Waals surface area (Å²) in [5.41, 5.74) is 1.73. The first-order chi connectivity index (χ1) is 14.0. The van der Waals surface area contributed by atoms with Crippen LogP contribution in [-0.2, 0) is 19.4 Å². The Bertz CT molecular complexity index is 883. The minimum Gasteiger partial charge on any atom is -0.351 e. The maximum absolute atomic E-state index is 13.0. The molecule has 2 amide bonds. The third-order valence-corrected chi connectivity index (χ3v) is 6.97. The van der Waals surface area contributed by atoms with Gasteiger partial charge in [-0.15, -0.1) is 11.3 Å². The second kappa shape index (κ2) is 8.62. The van der Waals surface area contributed by atoms with Crippen molar-refractivity contribution < 1.29 is 9.59 Å². The average molecular weight is 417 g/mol. The van der Waals surface area contributed by atoms with Gasteiger partial charge < -0.3 is 15.1 Å². The zero-order valence-corrected chi connectivity index (χ0v) is 17.9. The number of likely N-dealkylation sites (N-methyl/N-ethyl adjacent to an activating group) is 1. The van der Waals surface area contributed by atoms with E-state index in [2.05, 4.69) is 27.3 Å². The molecule has 0 aromatic carbocycles. The molecule has 1 N–H and O–H groups in total. The highest BCUT2D eigenvalue weighted by Crippen LogP contribution is 2.24. The van der Waals surface area contributed by atoms with Crippen molar-refractivity contribution in [2.45, 2.75) is 32.7 Å². The Hall–Kier alpha value is -2.26. The third-order valence-electron chi connectivity index (χ3n) is 5.83. The van der Waals surface area contributed by atoms with Gasteiger partial charge in [0.05, 0.1) is 28.7 Å². The zero-order valence-electron chi connectivity index (χ0n) is 17.1. The number of fused-ring (bicyclic) bond motifs is 1. The second-order valence-electron chi connectivity index (χ2n) is 7.86. The van der Waals surface area contributed by atoms with Crippen molar-refractivity contribution in [1.29, 1.82) is 0 Å². The largest absolute Gasteiger partial charge is 0.351 e. The Kier molecular flexibility index (Phi) is 5.96. The minimum atomic E-state index is -0.0602. The van der Waals surface area contributed by atoms with Gasteiger partial charge in [0.2, 0.25) is 0 Å². The Morgan fingerprint density at radius 3 is 2.72 bits per heavy atom. The number of rotatable bonds is 5. The summed E-state index contributed by atoms with van der Waals surface area (Å²) in [7, 11) is 2.08. The van der Waals surface area contributed by atoms with Crippen molar-refractivity contribution >= 4 is 23.2 Å². The van der Waals surface area contributed by atoms with Gasteiger partial charge in [0, 0.05) is 39.3 Å². The molecule has 2 aliphatic heterocycles. The van der Waals surface area contributed by atoms with Crippen LogP contribution in [0.25, 0.3) is 0 Å². The topological polar surface area (TPSA) is 83.4 Å². The number of carbonyl (C=O) groups is 2. The normalized spacial score (nSPS) is 19.8. The lowest BCUT2D eigenvalue weighted by atomic mass is 9.94. The molecule has 4 rings (SSSR count). The fourth-order valence-electron chi connectivity index (χ4n) is 3.93. The maximum atomic E-state index is 13.0. The van der Waals surface area contributed by atoms with E-state index in [0.717, 1.165) is 68.3 Å². The average Bonchev–Trinajstić information content (AvgIpc) is 3.39. The number of nitrogens with zero attached hydrogens (tertiary/aromatic N) is 5. The van der Waals surface area contributed by atoms with Crippen LogP contribution in [0.5, 0.6) is 0 Å². The molecule has 0 saturated carbocycles. The highest BCUT2D eigenvalue weighted by molar-refractivity contribution is 7.13. The summed E-state index contributed by atoms with van der Waals surface area (Å²) in [4.78, 5) is 34.5. The van der Waals surface area contributed by atoms with E-state index in [1.807, 2.05) is 16.5 Å². The predicted octanol–water partition coefficient (Wildman–Crippen LogP) is 1.28. The molecule has 0 unspecified atom stereocenters. The van der Waals surface area contributed by atoms with E-state index >= 15 is 0 Å². The van der Waals surface area contributed by atoms with E-state index in [1.54, 1.807) is 12.4 Å². The lowest BCUT2D eigenvalue weighted by Gasteiger charge is -2.32. The number of piperazine rings is 1. The van der Waals surface area contributed by atoms with Gasteiger partial charge in [0.15, 0.2) is 0 Å². The Balaban J connectivity index is 1.37. The fraction of sp³-hybridized carbons (Fsp3) is 0.600. The number of thiazole rings is 1. The standard InChI is InChI=1S/C20H28N6O2S/c1-3-18-21-13-17(29-18)19(27)22-11-14-4-5-26-16(10-14)15(12-23-26)20(28)25-8-6-24(2)7-9-25/h12-14H,3-11H2,1-2H3,(H,22,27)/t14-/m1/s1. The van der Waals surface area contributed by atoms with Crippen LogP contribution in [0.2, 0.25) is 0 Å². The van der Waals surface area contributed by atoms with Gasteiger partial charge in [-0.3, -0.25) is 14.3 Å². The van der Waals surface area contributed by atoms with Crippen molar-refractivity contribution in [2.24, 2.45) is 5.92 Å². The molecular weight excluding hydrogens is 388 g/mol. The highest BCUT2D eigenvalue weighted by atomic mass is 32.1. The second-order valence-corrected chi connectivity index (χ2v) is 8.98. The number of nitrogens with one attached hydrogen (secondary N) is 1. The summed E-state index contributed by atoms with van der Waals surface area (Å²) in [5.74, 6) is 0.330. The van der Waals surface area contributed by atoms with Crippen LogP contribution < -0.4 is 5.32 Å². The van der Waals surface area contributed by atoms with Gasteiger partial charge in [0.25, 0.3) is 11.8 Å². The molecule has 156 valence electrons. The van der Waals surface area contributed by atoms with Crippen LogP contribution in [0, 0.1) is 5.92 Å². The first-order valence-electron chi connectivity index (χ1n) is 10.3. The quantitative estimate of drug-likeness (QED) is 0.794. The highest BCUT2D eigenvalue weighted by Gasteiger charge is 2.29. The molecule has 2 aromatic rings. The number of amides is 2. The molecule has 8 nitrogen and oxygen atoms in total. The van der Waals surface area contributed by atoms with Crippen LogP contribution in [0.3, 0.4) is 0 Å². The Morgan fingerprint density at radius 1 is 1.21 bits per heavy atom. The Labute approximate surface area is 174 Å². The zero-order chi connectivity index (χ0) is 20.4. The van der Waals surface area contributed by atoms with Gasteiger partial charge in [-0.25, -0.2) is 4.98 Å². The van der Waals surface area contributed by atoms with Gasteiger partial charge in [-0.05, 0) is 32.2 Å². The van der Waals surface area contributed by atoms with E-state index < -0.39 is 0 Å². The maximum Gasteiger partial charge on any atom is 0.263 e. The number of carbonyl (C=O) groups excluding carboxylic acids is 2. The first-order valence-corrected chi connectivity index (χ1v) is 11.1. The first kappa shape index (κ1) is 20.0. The third kappa shape index (κ3) is 4.35. The number of aromatic nitrogens is 3. The summed E-state index contributed by atoms with van der Waals surface area (Å²) in [5, 5.41) is 8.46. The smallest absolute Gasteiger partial charge is 0.263 e. The lowest BCUT2D eigenvalue weighted by molar-refractivity contribution is 0.0661. The SMILES string of the molecule is CCc1ncc(C(=O)NC[C@@H]2CCn3ncc(C(=O)N4CCN(C)CC4)c3C2)s1. The van der Waals surface area contributed by atoms with E-state index in [-0.39, 0.29) is 11.8 Å². The molecule has 0 radical (unpaired) electrons. The summed E-state index contributed by atoms with van der Waals surface area (Å²) < 4.78 is 1.96. The molecule has 0 bridgehead atoms. The van der Waals surface area contributed by atoms with Crippen molar-refractivity contribution in [1.82, 2.24) is 29.9 Å². The number of hydrogen-bond donors (Lipinski definition) is 1. The monoisotopic (exact) mass is 416 g/mol. The number of hydrogen-bond acceptors (Lipinski definition) is 6. The predicted molar refractivity (Wildman–Crippen MR) is 111 cm³/mol. The molecule has 0 aliphatic carbocycles. The van der Waals surface area contributed by atoms with E-state index in [1.165, 1.54) is 11.3 Å². The van der Waals surface area contributed by atoms with Crippen molar-refractivity contribution in [2.75, 3.05) is 39.8 Å². The van der Waals surface area contributed by atoms with Gasteiger partial charge in [0.1, 0.15) is 4.88 Å². The molecule has 0 spiro atoms. The molecule has 1 fully saturated rings. The van der Waals surface area contributed by atoms with Crippen LogP contribution in [0.4, 0.5) is 0 Å². The van der Waals surface area contributed by atoms with Crippen LogP contribution in [-0.4, -0.2) is 76.2 Å². The fourth-order valence-corrected chi connectivity index (χ4v) is 4.71. The minimum absolute atomic E-state index is 0.0602. The van der Waals surface area contributed by atoms with Crippen LogP contribution >= 0.6 is 11.3 Å². The summed E-state index contributed by atoms with van der Waals surface area (Å²) in [6.45, 7) is 6.75. The van der Waals surface area contributed by atoms with E-state index in [4.69, 9.17) is 0 Å². The molecule has 4 heterocycles. The van der Waals surface area contributed by atoms with E-state index in [0.29, 0.717) is 17.3 Å². The molecule has 9 heteroatoms. The summed E-state index contributed by atoms with van der Waals surface area (Å²) in [6.07, 6.45) is 5.93. The molecule has 1 saturated heterocycles. The van der Waals surface area contributed by atoms with Crippen LogP contribution in [0.15, 0.2) is 12.4 Å². The lowest BCUT2D eigenvalue weighted by Crippen LogP contribution is -2.47. The molecule has 1 atom stereocenters. The summed E-state index contributed by atoms with van der Waals surface area (Å²) in [6, 6.07) is 0. The molecule has 2 aromatic heterocycles. The molecular formula is C20H28N6O2S. The van der Waals surface area contributed by atoms with Gasteiger partial charge in [-0.2, -0.15) is 5.10 Å². The number of aryl methyl sites for hydroxylation is 2. The van der Waals surface area contributed by atoms with Gasteiger partial charge >= 0.3 is 0 Å². The molecule has 29 heavy (non-hydrogen) atoms. The Morgan fingerprint density at radius 2 is 2.00 bits per heavy atom. The molecule has 2 aliphatic rings. The van der Waals surface area contributed by atoms with Crippen molar-refractivity contribution in [3.05, 3.63) is 33.5 Å². The van der Waals surface area contributed by atoms with Gasteiger partial charge in [-0.1, -0.05) is 6.92 Å². The van der Waals surface area contributed by atoms with Crippen LogP contribution in [0.1, 0.15) is 44.1 Å². The van der Waals surface area contributed by atoms with Crippen molar-refractivity contribution in [3.8, 4) is 0 Å². The van der Waals surface area contributed by atoms with Crippen molar-refractivity contribution in [3.63, 3.8) is 0 Å². The summed E-state index contributed by atoms with van der Waals surface area (Å²) >= 11 is 1.45.